The maximum Gasteiger partial charge on any atom is 0.262 e. The first-order valence-electron chi connectivity index (χ1n) is 9.42. The molecule has 0 radical (unpaired) electrons. The van der Waals surface area contributed by atoms with Crippen LogP contribution in [0.3, 0.4) is 0 Å². The molecular formula is C21H25N3O2. The smallest absolute Gasteiger partial charge is 0.262 e. The molecule has 1 amide bonds. The number of hydrogen-bond acceptors (Lipinski definition) is 4. The van der Waals surface area contributed by atoms with Crippen LogP contribution in [0.1, 0.15) is 41.6 Å². The van der Waals surface area contributed by atoms with Crippen molar-refractivity contribution in [3.05, 3.63) is 53.7 Å². The Hall–Kier alpha value is -2.40. The number of hydrogen-bond donors (Lipinski definition) is 2. The van der Waals surface area contributed by atoms with Gasteiger partial charge in [0.15, 0.2) is 0 Å². The number of aromatic nitrogens is 1. The number of amides is 1. The van der Waals surface area contributed by atoms with E-state index in [1.165, 1.54) is 12.0 Å². The van der Waals surface area contributed by atoms with Gasteiger partial charge in [-0.3, -0.25) is 4.79 Å². The molecule has 1 aliphatic heterocycles. The molecule has 1 saturated carbocycles. The number of pyridine rings is 1. The third-order valence-electron chi connectivity index (χ3n) is 5.86. The van der Waals surface area contributed by atoms with Crippen LogP contribution >= 0.6 is 0 Å². The number of rotatable bonds is 6. The van der Waals surface area contributed by atoms with E-state index in [-0.39, 0.29) is 17.9 Å². The van der Waals surface area contributed by atoms with E-state index in [2.05, 4.69) is 16.4 Å². The summed E-state index contributed by atoms with van der Waals surface area (Å²) in [6.45, 7) is 1.67. The Morgan fingerprint density at radius 2 is 2.08 bits per heavy atom. The fourth-order valence-corrected chi connectivity index (χ4v) is 4.11. The van der Waals surface area contributed by atoms with Gasteiger partial charge >= 0.3 is 0 Å². The van der Waals surface area contributed by atoms with Crippen LogP contribution in [0.5, 0.6) is 0 Å². The van der Waals surface area contributed by atoms with Crippen LogP contribution in [0.2, 0.25) is 0 Å². The molecule has 1 aliphatic carbocycles. The van der Waals surface area contributed by atoms with Crippen molar-refractivity contribution in [3.63, 3.8) is 0 Å². The van der Waals surface area contributed by atoms with Crippen LogP contribution < -0.4 is 10.2 Å². The molecule has 4 rings (SSSR count). The van der Waals surface area contributed by atoms with Gasteiger partial charge in [-0.2, -0.15) is 0 Å². The van der Waals surface area contributed by atoms with Crippen molar-refractivity contribution >= 4 is 17.4 Å². The maximum atomic E-state index is 13.2. The van der Waals surface area contributed by atoms with E-state index >= 15 is 0 Å². The lowest BCUT2D eigenvalue weighted by Crippen LogP contribution is -2.38. The monoisotopic (exact) mass is 351 g/mol. The molecule has 0 atom stereocenters. The first kappa shape index (κ1) is 17.0. The molecule has 5 heteroatoms. The van der Waals surface area contributed by atoms with Crippen LogP contribution in [0, 0.1) is 5.41 Å². The summed E-state index contributed by atoms with van der Waals surface area (Å²) in [6.07, 6.45) is 6.86. The summed E-state index contributed by atoms with van der Waals surface area (Å²) in [7, 11) is 0. The molecular weight excluding hydrogens is 326 g/mol. The van der Waals surface area contributed by atoms with Crippen molar-refractivity contribution in [1.29, 1.82) is 0 Å². The Morgan fingerprint density at radius 1 is 1.23 bits per heavy atom. The fourth-order valence-electron chi connectivity index (χ4n) is 4.11. The van der Waals surface area contributed by atoms with Crippen molar-refractivity contribution in [2.75, 3.05) is 29.9 Å². The molecule has 2 N–H and O–H groups in total. The number of carbonyl (C=O) groups is 1. The van der Waals surface area contributed by atoms with Gasteiger partial charge in [-0.05, 0) is 54.9 Å². The van der Waals surface area contributed by atoms with Crippen LogP contribution in [0.15, 0.2) is 42.6 Å². The van der Waals surface area contributed by atoms with E-state index in [0.29, 0.717) is 17.9 Å². The quantitative estimate of drug-likeness (QED) is 0.838. The molecule has 5 nitrogen and oxygen atoms in total. The summed E-state index contributed by atoms with van der Waals surface area (Å²) >= 11 is 0. The van der Waals surface area contributed by atoms with Gasteiger partial charge in [-0.1, -0.05) is 24.6 Å². The standard InChI is InChI=1S/C21H25N3O2/c25-14-11-21(9-4-10-21)15-23-19-17(6-3-12-22-19)20(26)24-13-8-16-5-1-2-7-18(16)24/h1-3,5-7,12,25H,4,8-11,13-15H2,(H,22,23). The Labute approximate surface area is 154 Å². The summed E-state index contributed by atoms with van der Waals surface area (Å²) in [5.41, 5.74) is 2.98. The Kier molecular flexibility index (Phi) is 4.64. The molecule has 0 saturated heterocycles. The van der Waals surface area contributed by atoms with Crippen LogP contribution in [0.4, 0.5) is 11.5 Å². The minimum Gasteiger partial charge on any atom is -0.396 e. The zero-order valence-corrected chi connectivity index (χ0v) is 14.9. The minimum atomic E-state index is -0.00429. The lowest BCUT2D eigenvalue weighted by molar-refractivity contribution is 0.0982. The highest BCUT2D eigenvalue weighted by molar-refractivity contribution is 6.10. The zero-order chi connectivity index (χ0) is 18.0. The Balaban J connectivity index is 1.54. The van der Waals surface area contributed by atoms with Gasteiger partial charge in [-0.25, -0.2) is 4.98 Å². The summed E-state index contributed by atoms with van der Waals surface area (Å²) in [4.78, 5) is 19.4. The topological polar surface area (TPSA) is 65.5 Å². The van der Waals surface area contributed by atoms with Gasteiger partial charge in [-0.15, -0.1) is 0 Å². The number of aliphatic hydroxyl groups excluding tert-OH is 1. The molecule has 2 aliphatic rings. The van der Waals surface area contributed by atoms with Gasteiger partial charge in [0.05, 0.1) is 5.56 Å². The SMILES string of the molecule is O=C(c1cccnc1NCC1(CCO)CCC1)N1CCc2ccccc21. The van der Waals surface area contributed by atoms with Gasteiger partial charge < -0.3 is 15.3 Å². The van der Waals surface area contributed by atoms with Gasteiger partial charge in [0.2, 0.25) is 0 Å². The van der Waals surface area contributed by atoms with Crippen LogP contribution in [-0.4, -0.2) is 35.7 Å². The van der Waals surface area contributed by atoms with E-state index in [9.17, 15) is 9.90 Å². The normalized spacial score (nSPS) is 17.5. The molecule has 2 heterocycles. The first-order chi connectivity index (χ1) is 12.7. The van der Waals surface area contributed by atoms with E-state index in [1.54, 1.807) is 6.20 Å². The molecule has 0 bridgehead atoms. The largest absolute Gasteiger partial charge is 0.396 e. The third kappa shape index (κ3) is 3.07. The molecule has 0 spiro atoms. The number of carbonyl (C=O) groups excluding carboxylic acids is 1. The van der Waals surface area contributed by atoms with Gasteiger partial charge in [0, 0.05) is 31.6 Å². The molecule has 136 valence electrons. The lowest BCUT2D eigenvalue weighted by Gasteiger charge is -2.42. The summed E-state index contributed by atoms with van der Waals surface area (Å²) in [5, 5.41) is 12.7. The molecule has 0 unspecified atom stereocenters. The molecule has 2 aromatic rings. The number of fused-ring (bicyclic) bond motifs is 1. The number of para-hydroxylation sites is 1. The first-order valence-corrected chi connectivity index (χ1v) is 9.42. The predicted octanol–water partition coefficient (Wildman–Crippen LogP) is 3.25. The average Bonchev–Trinajstić information content (AvgIpc) is 3.07. The molecule has 1 fully saturated rings. The van der Waals surface area contributed by atoms with E-state index in [0.717, 1.165) is 37.9 Å². The summed E-state index contributed by atoms with van der Waals surface area (Å²) < 4.78 is 0. The highest BCUT2D eigenvalue weighted by atomic mass is 16.3. The number of aliphatic hydroxyl groups is 1. The number of nitrogens with zero attached hydrogens (tertiary/aromatic N) is 2. The van der Waals surface area contributed by atoms with Gasteiger partial charge in [0.25, 0.3) is 5.91 Å². The lowest BCUT2D eigenvalue weighted by atomic mass is 9.67. The second kappa shape index (κ2) is 7.08. The summed E-state index contributed by atoms with van der Waals surface area (Å²) in [5.74, 6) is 0.640. The maximum absolute atomic E-state index is 13.2. The molecule has 26 heavy (non-hydrogen) atoms. The highest BCUT2D eigenvalue weighted by Gasteiger charge is 2.36. The number of nitrogens with one attached hydrogen (secondary N) is 1. The van der Waals surface area contributed by atoms with Crippen molar-refractivity contribution in [2.45, 2.75) is 32.1 Å². The number of anilines is 2. The van der Waals surface area contributed by atoms with Crippen LogP contribution in [-0.2, 0) is 6.42 Å². The predicted molar refractivity (Wildman–Crippen MR) is 103 cm³/mol. The van der Waals surface area contributed by atoms with E-state index < -0.39 is 0 Å². The van der Waals surface area contributed by atoms with E-state index in [4.69, 9.17) is 0 Å². The van der Waals surface area contributed by atoms with Crippen LogP contribution in [0.25, 0.3) is 0 Å². The Morgan fingerprint density at radius 3 is 2.85 bits per heavy atom. The average molecular weight is 351 g/mol. The van der Waals surface area contributed by atoms with Crippen molar-refractivity contribution in [3.8, 4) is 0 Å². The second-order valence-electron chi connectivity index (χ2n) is 7.42. The minimum absolute atomic E-state index is 0.00429. The van der Waals surface area contributed by atoms with Crippen molar-refractivity contribution in [1.82, 2.24) is 4.98 Å². The fraction of sp³-hybridized carbons (Fsp3) is 0.429. The number of benzene rings is 1. The molecule has 1 aromatic heterocycles. The third-order valence-corrected chi connectivity index (χ3v) is 5.86. The Bertz CT molecular complexity index is 801. The molecule has 1 aromatic carbocycles. The van der Waals surface area contributed by atoms with E-state index in [1.807, 2.05) is 35.2 Å². The van der Waals surface area contributed by atoms with Crippen molar-refractivity contribution < 1.29 is 9.90 Å². The van der Waals surface area contributed by atoms with Gasteiger partial charge in [0.1, 0.15) is 5.82 Å². The summed E-state index contributed by atoms with van der Waals surface area (Å²) in [6, 6.07) is 11.7. The second-order valence-corrected chi connectivity index (χ2v) is 7.42. The van der Waals surface area contributed by atoms with Crippen molar-refractivity contribution in [2.24, 2.45) is 5.41 Å². The highest BCUT2D eigenvalue weighted by Crippen LogP contribution is 2.43. The zero-order valence-electron chi connectivity index (χ0n) is 14.9.